The first-order valence-electron chi connectivity index (χ1n) is 7.17. The Morgan fingerprint density at radius 2 is 2.00 bits per heavy atom. The van der Waals surface area contributed by atoms with Gasteiger partial charge in [0.2, 0.25) is 5.91 Å². The van der Waals surface area contributed by atoms with E-state index in [1.165, 1.54) is 0 Å². The Bertz CT molecular complexity index is 550. The van der Waals surface area contributed by atoms with Gasteiger partial charge in [0.15, 0.2) is 9.84 Å². The Balaban J connectivity index is 1.70. The number of benzene rings is 1. The second-order valence-electron chi connectivity index (χ2n) is 5.24. The first kappa shape index (κ1) is 16.0. The fourth-order valence-electron chi connectivity index (χ4n) is 2.24. The van der Waals surface area contributed by atoms with Gasteiger partial charge in [-0.15, -0.1) is 0 Å². The van der Waals surface area contributed by atoms with Gasteiger partial charge < -0.3 is 10.1 Å². The largest absolute Gasteiger partial charge is 0.381 e. The van der Waals surface area contributed by atoms with E-state index in [0.717, 1.165) is 5.56 Å². The number of ether oxygens (including phenoxy) is 1. The number of aryl methyl sites for hydroxylation is 1. The molecule has 1 aromatic carbocycles. The summed E-state index contributed by atoms with van der Waals surface area (Å²) in [6, 6.07) is 9.52. The van der Waals surface area contributed by atoms with Crippen LogP contribution in [0.4, 0.5) is 0 Å². The smallest absolute Gasteiger partial charge is 0.225 e. The number of carbonyl (C=O) groups is 1. The lowest BCUT2D eigenvalue weighted by Crippen LogP contribution is -2.35. The first-order chi connectivity index (χ1) is 10.1. The second-order valence-corrected chi connectivity index (χ2v) is 7.54. The molecule has 0 aromatic heterocycles. The summed E-state index contributed by atoms with van der Waals surface area (Å²) in [6.45, 7) is 1.21. The summed E-state index contributed by atoms with van der Waals surface area (Å²) in [4.78, 5) is 11.7. The maximum atomic E-state index is 11.9. The zero-order valence-electron chi connectivity index (χ0n) is 12.0. The molecule has 0 aliphatic carbocycles. The molecule has 1 atom stereocenters. The summed E-state index contributed by atoms with van der Waals surface area (Å²) < 4.78 is 29.0. The number of rotatable bonds is 7. The summed E-state index contributed by atoms with van der Waals surface area (Å²) in [5.74, 6) is -0.138. The predicted octanol–water partition coefficient (Wildman–Crippen LogP) is 0.797. The van der Waals surface area contributed by atoms with Gasteiger partial charge in [-0.25, -0.2) is 8.42 Å². The Hall–Kier alpha value is -1.40. The van der Waals surface area contributed by atoms with E-state index in [9.17, 15) is 13.2 Å². The van der Waals surface area contributed by atoms with Gasteiger partial charge in [-0.2, -0.15) is 0 Å². The van der Waals surface area contributed by atoms with Crippen molar-refractivity contribution in [2.75, 3.05) is 31.3 Å². The van der Waals surface area contributed by atoms with E-state index >= 15 is 0 Å². The first-order valence-corrected chi connectivity index (χ1v) is 8.99. The molecule has 1 aliphatic heterocycles. The molecule has 5 nitrogen and oxygen atoms in total. The molecule has 6 heteroatoms. The lowest BCUT2D eigenvalue weighted by atomic mass is 10.1. The van der Waals surface area contributed by atoms with E-state index < -0.39 is 9.84 Å². The highest BCUT2D eigenvalue weighted by Gasteiger charge is 2.23. The lowest BCUT2D eigenvalue weighted by Gasteiger charge is -2.09. The van der Waals surface area contributed by atoms with Crippen molar-refractivity contribution in [2.45, 2.75) is 12.8 Å². The molecule has 1 amide bonds. The molecule has 116 valence electrons. The number of carbonyl (C=O) groups excluding carboxylic acids is 1. The molecule has 0 radical (unpaired) electrons. The maximum Gasteiger partial charge on any atom is 0.225 e. The SMILES string of the molecule is O=C(NCCS(=O)(=O)CCc1ccccc1)C1CCOC1. The standard InChI is InChI=1S/C15H21NO4S/c17-15(14-6-9-20-12-14)16-8-11-21(18,19)10-7-13-4-2-1-3-5-13/h1-5,14H,6-12H2,(H,16,17). The number of hydrogen-bond donors (Lipinski definition) is 1. The van der Waals surface area contributed by atoms with Gasteiger partial charge in [0.05, 0.1) is 24.0 Å². The van der Waals surface area contributed by atoms with Crippen LogP contribution >= 0.6 is 0 Å². The minimum atomic E-state index is -3.14. The third kappa shape index (κ3) is 5.47. The van der Waals surface area contributed by atoms with Crippen LogP contribution in [-0.4, -0.2) is 45.6 Å². The highest BCUT2D eigenvalue weighted by Crippen LogP contribution is 2.11. The van der Waals surface area contributed by atoms with E-state index in [1.807, 2.05) is 30.3 Å². The van der Waals surface area contributed by atoms with Crippen LogP contribution in [0, 0.1) is 5.92 Å². The monoisotopic (exact) mass is 311 g/mol. The molecule has 1 unspecified atom stereocenters. The van der Waals surface area contributed by atoms with Crippen LogP contribution in [0.5, 0.6) is 0 Å². The molecule has 1 N–H and O–H groups in total. The molecule has 1 heterocycles. The van der Waals surface area contributed by atoms with Crippen LogP contribution < -0.4 is 5.32 Å². The van der Waals surface area contributed by atoms with Crippen LogP contribution in [0.3, 0.4) is 0 Å². The van der Waals surface area contributed by atoms with E-state index in [1.54, 1.807) is 0 Å². The van der Waals surface area contributed by atoms with Gasteiger partial charge in [-0.1, -0.05) is 30.3 Å². The highest BCUT2D eigenvalue weighted by molar-refractivity contribution is 7.91. The fraction of sp³-hybridized carbons (Fsp3) is 0.533. The third-order valence-electron chi connectivity index (χ3n) is 3.56. The van der Waals surface area contributed by atoms with Crippen molar-refractivity contribution >= 4 is 15.7 Å². The van der Waals surface area contributed by atoms with Gasteiger partial charge in [0.25, 0.3) is 0 Å². The summed E-state index contributed by atoms with van der Waals surface area (Å²) in [5.41, 5.74) is 1.01. The number of sulfone groups is 1. The summed E-state index contributed by atoms with van der Waals surface area (Å²) >= 11 is 0. The normalized spacial score (nSPS) is 18.6. The predicted molar refractivity (Wildman–Crippen MR) is 80.7 cm³/mol. The molecule has 21 heavy (non-hydrogen) atoms. The average Bonchev–Trinajstić information content (AvgIpc) is 3.00. The van der Waals surface area contributed by atoms with Crippen LogP contribution in [0.25, 0.3) is 0 Å². The van der Waals surface area contributed by atoms with Gasteiger partial charge >= 0.3 is 0 Å². The average molecular weight is 311 g/mol. The molecular formula is C15H21NO4S. The van der Waals surface area contributed by atoms with Crippen molar-refractivity contribution in [2.24, 2.45) is 5.92 Å². The van der Waals surface area contributed by atoms with Gasteiger partial charge in [-0.3, -0.25) is 4.79 Å². The van der Waals surface area contributed by atoms with Crippen LogP contribution in [0.2, 0.25) is 0 Å². The zero-order valence-corrected chi connectivity index (χ0v) is 12.8. The second kappa shape index (κ2) is 7.56. The number of amides is 1. The zero-order chi connectivity index (χ0) is 15.1. The van der Waals surface area contributed by atoms with Crippen LogP contribution in [0.15, 0.2) is 30.3 Å². The minimum absolute atomic E-state index is 0.0147. The molecule has 0 bridgehead atoms. The molecule has 1 saturated heterocycles. The molecule has 0 saturated carbocycles. The topological polar surface area (TPSA) is 72.5 Å². The van der Waals surface area contributed by atoms with E-state index in [2.05, 4.69) is 5.32 Å². The molecule has 0 spiro atoms. The van der Waals surface area contributed by atoms with Gasteiger partial charge in [0.1, 0.15) is 0 Å². The highest BCUT2D eigenvalue weighted by atomic mass is 32.2. The van der Waals surface area contributed by atoms with E-state index in [4.69, 9.17) is 4.74 Å². The quantitative estimate of drug-likeness (QED) is 0.808. The Morgan fingerprint density at radius 3 is 2.67 bits per heavy atom. The Kier molecular flexibility index (Phi) is 5.76. The molecular weight excluding hydrogens is 290 g/mol. The van der Waals surface area contributed by atoms with Crippen molar-refractivity contribution in [3.8, 4) is 0 Å². The maximum absolute atomic E-state index is 11.9. The van der Waals surface area contributed by atoms with Gasteiger partial charge in [-0.05, 0) is 18.4 Å². The van der Waals surface area contributed by atoms with Crippen molar-refractivity contribution < 1.29 is 17.9 Å². The fourth-order valence-corrected chi connectivity index (χ4v) is 3.40. The molecule has 1 fully saturated rings. The van der Waals surface area contributed by atoms with Crippen molar-refractivity contribution in [3.63, 3.8) is 0 Å². The Morgan fingerprint density at radius 1 is 1.24 bits per heavy atom. The molecule has 1 aromatic rings. The summed E-state index contributed by atoms with van der Waals surface area (Å²) in [6.07, 6.45) is 1.22. The molecule has 2 rings (SSSR count). The Labute approximate surface area is 125 Å². The molecule has 1 aliphatic rings. The minimum Gasteiger partial charge on any atom is -0.381 e. The summed E-state index contributed by atoms with van der Waals surface area (Å²) in [5, 5.41) is 2.68. The number of hydrogen-bond acceptors (Lipinski definition) is 4. The van der Waals surface area contributed by atoms with Crippen molar-refractivity contribution in [1.29, 1.82) is 0 Å². The number of nitrogens with one attached hydrogen (secondary N) is 1. The third-order valence-corrected chi connectivity index (χ3v) is 5.21. The van der Waals surface area contributed by atoms with Crippen LogP contribution in [0.1, 0.15) is 12.0 Å². The van der Waals surface area contributed by atoms with Crippen LogP contribution in [-0.2, 0) is 25.8 Å². The van der Waals surface area contributed by atoms with Gasteiger partial charge in [0, 0.05) is 13.2 Å². The van der Waals surface area contributed by atoms with Crippen molar-refractivity contribution in [3.05, 3.63) is 35.9 Å². The van der Waals surface area contributed by atoms with E-state index in [0.29, 0.717) is 26.1 Å². The lowest BCUT2D eigenvalue weighted by molar-refractivity contribution is -0.124. The van der Waals surface area contributed by atoms with Crippen molar-refractivity contribution in [1.82, 2.24) is 5.32 Å². The van der Waals surface area contributed by atoms with E-state index in [-0.39, 0.29) is 29.9 Å². The summed E-state index contributed by atoms with van der Waals surface area (Å²) in [7, 11) is -3.14.